The highest BCUT2D eigenvalue weighted by molar-refractivity contribution is 7.86. The van der Waals surface area contributed by atoms with E-state index in [2.05, 4.69) is 0 Å². The van der Waals surface area contributed by atoms with Gasteiger partial charge in [-0.05, 0) is 23.8 Å². The summed E-state index contributed by atoms with van der Waals surface area (Å²) in [6, 6.07) is 4.84. The van der Waals surface area contributed by atoms with Gasteiger partial charge in [-0.2, -0.15) is 12.7 Å². The molecule has 0 aliphatic rings. The molecule has 0 bridgehead atoms. The lowest BCUT2D eigenvalue weighted by Crippen LogP contribution is -2.32. The fourth-order valence-corrected chi connectivity index (χ4v) is 1.95. The third kappa shape index (κ3) is 3.96. The Labute approximate surface area is 98.8 Å². The summed E-state index contributed by atoms with van der Waals surface area (Å²) < 4.78 is 22.9. The van der Waals surface area contributed by atoms with Crippen LogP contribution in [0.5, 0.6) is 0 Å². The van der Waals surface area contributed by atoms with Gasteiger partial charge in [0.05, 0.1) is 0 Å². The second kappa shape index (κ2) is 4.67. The van der Waals surface area contributed by atoms with Crippen LogP contribution in [0.1, 0.15) is 5.56 Å². The van der Waals surface area contributed by atoms with E-state index in [-0.39, 0.29) is 6.54 Å². The van der Waals surface area contributed by atoms with Gasteiger partial charge < -0.3 is 0 Å². The molecule has 1 rings (SSSR count). The number of hydrogen-bond donors (Lipinski definition) is 1. The van der Waals surface area contributed by atoms with Crippen LogP contribution in [0.2, 0.25) is 10.0 Å². The van der Waals surface area contributed by atoms with Crippen LogP contribution in [0.15, 0.2) is 18.2 Å². The summed E-state index contributed by atoms with van der Waals surface area (Å²) in [5, 5.41) is 5.85. The van der Waals surface area contributed by atoms with Crippen molar-refractivity contribution in [2.75, 3.05) is 7.05 Å². The molecule has 0 saturated carbocycles. The van der Waals surface area contributed by atoms with Gasteiger partial charge in [-0.25, -0.2) is 5.14 Å². The first kappa shape index (κ1) is 12.7. The highest BCUT2D eigenvalue weighted by atomic mass is 35.5. The molecule has 0 amide bonds. The molecule has 0 radical (unpaired) electrons. The van der Waals surface area contributed by atoms with E-state index < -0.39 is 10.2 Å². The van der Waals surface area contributed by atoms with E-state index in [0.29, 0.717) is 15.6 Å². The molecule has 0 spiro atoms. The maximum atomic E-state index is 10.9. The van der Waals surface area contributed by atoms with Crippen LogP contribution in [0.4, 0.5) is 0 Å². The average molecular weight is 269 g/mol. The van der Waals surface area contributed by atoms with Crippen LogP contribution in [-0.4, -0.2) is 19.8 Å². The van der Waals surface area contributed by atoms with Gasteiger partial charge in [-0.15, -0.1) is 0 Å². The Morgan fingerprint density at radius 2 is 1.73 bits per heavy atom. The molecule has 4 nitrogen and oxygen atoms in total. The largest absolute Gasteiger partial charge is 0.276 e. The van der Waals surface area contributed by atoms with Crippen molar-refractivity contribution >= 4 is 33.4 Å². The second-order valence-electron chi connectivity index (χ2n) is 3.08. The van der Waals surface area contributed by atoms with Gasteiger partial charge in [-0.3, -0.25) is 0 Å². The van der Waals surface area contributed by atoms with Crippen molar-refractivity contribution in [2.24, 2.45) is 5.14 Å². The zero-order chi connectivity index (χ0) is 11.6. The average Bonchev–Trinajstić information content (AvgIpc) is 1.99. The Morgan fingerprint density at radius 3 is 2.13 bits per heavy atom. The molecule has 0 heterocycles. The zero-order valence-corrected chi connectivity index (χ0v) is 10.3. The molecule has 84 valence electrons. The molecule has 0 fully saturated rings. The lowest BCUT2D eigenvalue weighted by Gasteiger charge is -2.13. The molecular formula is C8H10Cl2N2O2S. The minimum atomic E-state index is -3.68. The van der Waals surface area contributed by atoms with E-state index in [1.807, 2.05) is 0 Å². The summed E-state index contributed by atoms with van der Waals surface area (Å²) in [5.74, 6) is 0. The number of benzene rings is 1. The summed E-state index contributed by atoms with van der Waals surface area (Å²) in [7, 11) is -2.30. The van der Waals surface area contributed by atoms with E-state index in [4.69, 9.17) is 28.3 Å². The molecule has 1 aromatic rings. The second-order valence-corrected chi connectivity index (χ2v) is 5.60. The third-order valence-corrected chi connectivity index (χ3v) is 3.20. The van der Waals surface area contributed by atoms with Gasteiger partial charge in [0.2, 0.25) is 0 Å². The van der Waals surface area contributed by atoms with Crippen LogP contribution in [-0.2, 0) is 16.8 Å². The molecule has 2 N–H and O–H groups in total. The summed E-state index contributed by atoms with van der Waals surface area (Å²) in [5.41, 5.74) is 0.684. The van der Waals surface area contributed by atoms with Crippen molar-refractivity contribution in [2.45, 2.75) is 6.54 Å². The first-order chi connectivity index (χ1) is 6.79. The number of halogens is 2. The highest BCUT2D eigenvalue weighted by Gasteiger charge is 2.12. The Bertz CT molecular complexity index is 441. The number of hydrogen-bond acceptors (Lipinski definition) is 2. The van der Waals surface area contributed by atoms with E-state index in [9.17, 15) is 8.42 Å². The molecule has 0 aromatic heterocycles. The monoisotopic (exact) mass is 268 g/mol. The molecule has 0 saturated heterocycles. The number of rotatable bonds is 3. The van der Waals surface area contributed by atoms with Gasteiger partial charge in [-0.1, -0.05) is 23.2 Å². The Morgan fingerprint density at radius 1 is 1.27 bits per heavy atom. The third-order valence-electron chi connectivity index (χ3n) is 1.76. The van der Waals surface area contributed by atoms with E-state index in [0.717, 1.165) is 4.31 Å². The minimum absolute atomic E-state index is 0.138. The SMILES string of the molecule is CN(Cc1cc(Cl)cc(Cl)c1)S(N)(=O)=O. The van der Waals surface area contributed by atoms with E-state index >= 15 is 0 Å². The van der Waals surface area contributed by atoms with Crippen molar-refractivity contribution in [3.8, 4) is 0 Å². The standard InChI is InChI=1S/C8H10Cl2N2O2S/c1-12(15(11,13)14)5-6-2-7(9)4-8(10)3-6/h2-4H,5H2,1H3,(H2,11,13,14). The predicted molar refractivity (Wildman–Crippen MR) is 61.0 cm³/mol. The maximum absolute atomic E-state index is 10.9. The predicted octanol–water partition coefficient (Wildman–Crippen LogP) is 1.63. The number of nitrogens with zero attached hydrogens (tertiary/aromatic N) is 1. The Hall–Kier alpha value is -0.330. The minimum Gasteiger partial charge on any atom is -0.216 e. The molecule has 15 heavy (non-hydrogen) atoms. The fraction of sp³-hybridized carbons (Fsp3) is 0.250. The smallest absolute Gasteiger partial charge is 0.216 e. The first-order valence-electron chi connectivity index (χ1n) is 3.98. The molecule has 7 heteroatoms. The van der Waals surface area contributed by atoms with Crippen molar-refractivity contribution in [3.63, 3.8) is 0 Å². The summed E-state index contributed by atoms with van der Waals surface area (Å²) in [6.45, 7) is 0.138. The van der Waals surface area contributed by atoms with E-state index in [1.165, 1.54) is 7.05 Å². The lowest BCUT2D eigenvalue weighted by atomic mass is 10.2. The van der Waals surface area contributed by atoms with Crippen molar-refractivity contribution in [3.05, 3.63) is 33.8 Å². The normalized spacial score (nSPS) is 12.1. The Balaban J connectivity index is 2.90. The van der Waals surface area contributed by atoms with Crippen LogP contribution >= 0.6 is 23.2 Å². The molecule has 0 atom stereocenters. The quantitative estimate of drug-likeness (QED) is 0.906. The fourth-order valence-electron chi connectivity index (χ4n) is 1.05. The van der Waals surface area contributed by atoms with Gasteiger partial charge in [0.25, 0.3) is 10.2 Å². The van der Waals surface area contributed by atoms with Crippen LogP contribution in [0.3, 0.4) is 0 Å². The van der Waals surface area contributed by atoms with Crippen molar-refractivity contribution in [1.29, 1.82) is 0 Å². The molecule has 0 aliphatic carbocycles. The van der Waals surface area contributed by atoms with E-state index in [1.54, 1.807) is 18.2 Å². The first-order valence-corrected chi connectivity index (χ1v) is 6.24. The van der Waals surface area contributed by atoms with Crippen LogP contribution < -0.4 is 5.14 Å². The maximum Gasteiger partial charge on any atom is 0.276 e. The molecule has 1 aromatic carbocycles. The molecule has 0 unspecified atom stereocenters. The van der Waals surface area contributed by atoms with Gasteiger partial charge >= 0.3 is 0 Å². The zero-order valence-electron chi connectivity index (χ0n) is 7.94. The summed E-state index contributed by atoms with van der Waals surface area (Å²) in [6.07, 6.45) is 0. The van der Waals surface area contributed by atoms with Crippen LogP contribution in [0.25, 0.3) is 0 Å². The van der Waals surface area contributed by atoms with Gasteiger partial charge in [0, 0.05) is 23.6 Å². The highest BCUT2D eigenvalue weighted by Crippen LogP contribution is 2.20. The van der Waals surface area contributed by atoms with Gasteiger partial charge in [0.15, 0.2) is 0 Å². The molecule has 0 aliphatic heterocycles. The number of nitrogens with two attached hydrogens (primary N) is 1. The summed E-state index contributed by atoms with van der Waals surface area (Å²) >= 11 is 11.5. The Kier molecular flexibility index (Phi) is 3.97. The van der Waals surface area contributed by atoms with Crippen molar-refractivity contribution in [1.82, 2.24) is 4.31 Å². The van der Waals surface area contributed by atoms with Gasteiger partial charge in [0.1, 0.15) is 0 Å². The van der Waals surface area contributed by atoms with Crippen molar-refractivity contribution < 1.29 is 8.42 Å². The topological polar surface area (TPSA) is 63.4 Å². The van der Waals surface area contributed by atoms with Crippen LogP contribution in [0, 0.1) is 0 Å². The summed E-state index contributed by atoms with van der Waals surface area (Å²) in [4.78, 5) is 0. The lowest BCUT2D eigenvalue weighted by molar-refractivity contribution is 0.468. The molecular weight excluding hydrogens is 259 g/mol.